The predicted molar refractivity (Wildman–Crippen MR) is 95.7 cm³/mol. The topological polar surface area (TPSA) is 52.7 Å². The molecule has 4 rings (SSSR count). The van der Waals surface area contributed by atoms with Gasteiger partial charge in [-0.15, -0.1) is 0 Å². The van der Waals surface area contributed by atoms with Crippen LogP contribution >= 0.6 is 0 Å². The first-order valence-corrected chi connectivity index (χ1v) is 9.67. The van der Waals surface area contributed by atoms with E-state index in [9.17, 15) is 14.0 Å². The Morgan fingerprint density at radius 2 is 2.08 bits per heavy atom. The van der Waals surface area contributed by atoms with Crippen LogP contribution in [0.2, 0.25) is 0 Å². The van der Waals surface area contributed by atoms with Crippen LogP contribution in [0.1, 0.15) is 37.7 Å². The summed E-state index contributed by atoms with van der Waals surface area (Å²) >= 11 is 0. The molecule has 6 heteroatoms. The summed E-state index contributed by atoms with van der Waals surface area (Å²) in [6.45, 7) is 1.57. The van der Waals surface area contributed by atoms with Crippen LogP contribution in [0.25, 0.3) is 0 Å². The van der Waals surface area contributed by atoms with Gasteiger partial charge in [0.15, 0.2) is 0 Å². The molecule has 1 aromatic rings. The predicted octanol–water partition coefficient (Wildman–Crippen LogP) is 1.92. The number of carbonyl (C=O) groups excluding carboxylic acids is 2. The normalized spacial score (nSPS) is 29.0. The average Bonchev–Trinajstić information content (AvgIpc) is 3.07. The lowest BCUT2D eigenvalue weighted by Crippen LogP contribution is -2.55. The Kier molecular flexibility index (Phi) is 4.94. The van der Waals surface area contributed by atoms with Crippen molar-refractivity contribution in [2.24, 2.45) is 5.92 Å². The van der Waals surface area contributed by atoms with Crippen LogP contribution in [-0.4, -0.2) is 53.3 Å². The van der Waals surface area contributed by atoms with Gasteiger partial charge < -0.3 is 15.1 Å². The highest BCUT2D eigenvalue weighted by atomic mass is 19.1. The number of hydrogen-bond donors (Lipinski definition) is 1. The van der Waals surface area contributed by atoms with Crippen molar-refractivity contribution in [1.29, 1.82) is 0 Å². The van der Waals surface area contributed by atoms with Crippen LogP contribution in [0, 0.1) is 11.7 Å². The smallest absolute Gasteiger partial charge is 0.242 e. The Morgan fingerprint density at radius 3 is 2.85 bits per heavy atom. The second-order valence-corrected chi connectivity index (χ2v) is 7.81. The fourth-order valence-electron chi connectivity index (χ4n) is 4.65. The molecule has 0 spiro atoms. The molecule has 2 aliphatic heterocycles. The van der Waals surface area contributed by atoms with Crippen LogP contribution in [0.4, 0.5) is 4.39 Å². The van der Waals surface area contributed by atoms with Crippen molar-refractivity contribution in [1.82, 2.24) is 15.1 Å². The first-order chi connectivity index (χ1) is 12.6. The van der Waals surface area contributed by atoms with Crippen molar-refractivity contribution in [3.05, 3.63) is 35.6 Å². The van der Waals surface area contributed by atoms with E-state index in [-0.39, 0.29) is 30.2 Å². The highest BCUT2D eigenvalue weighted by Gasteiger charge is 2.40. The molecule has 0 radical (unpaired) electrons. The summed E-state index contributed by atoms with van der Waals surface area (Å²) in [6, 6.07) is 6.66. The monoisotopic (exact) mass is 359 g/mol. The Labute approximate surface area is 153 Å². The van der Waals surface area contributed by atoms with Gasteiger partial charge in [-0.3, -0.25) is 9.59 Å². The van der Waals surface area contributed by atoms with Crippen LogP contribution in [0.15, 0.2) is 24.3 Å². The number of fused-ring (bicyclic) bond motifs is 1. The van der Waals surface area contributed by atoms with Crippen LogP contribution in [0.3, 0.4) is 0 Å². The van der Waals surface area contributed by atoms with Gasteiger partial charge in [-0.05, 0) is 42.9 Å². The minimum absolute atomic E-state index is 0.0655. The van der Waals surface area contributed by atoms with Gasteiger partial charge >= 0.3 is 0 Å². The molecule has 2 saturated heterocycles. The van der Waals surface area contributed by atoms with E-state index in [1.807, 2.05) is 6.07 Å². The molecule has 2 amide bonds. The summed E-state index contributed by atoms with van der Waals surface area (Å²) in [5, 5.41) is 3.50. The second-order valence-electron chi connectivity index (χ2n) is 7.81. The summed E-state index contributed by atoms with van der Waals surface area (Å²) in [4.78, 5) is 28.7. The number of hydrogen-bond acceptors (Lipinski definition) is 3. The van der Waals surface area contributed by atoms with E-state index in [4.69, 9.17) is 0 Å². The maximum Gasteiger partial charge on any atom is 0.242 e. The van der Waals surface area contributed by atoms with E-state index < -0.39 is 0 Å². The Hall–Kier alpha value is -1.95. The van der Waals surface area contributed by atoms with Gasteiger partial charge in [0.25, 0.3) is 0 Å². The summed E-state index contributed by atoms with van der Waals surface area (Å²) in [5.74, 6) is 0.322. The fourth-order valence-corrected chi connectivity index (χ4v) is 4.65. The highest BCUT2D eigenvalue weighted by molar-refractivity contribution is 5.88. The van der Waals surface area contributed by atoms with Crippen molar-refractivity contribution >= 4 is 11.8 Å². The second kappa shape index (κ2) is 7.35. The van der Waals surface area contributed by atoms with Gasteiger partial charge in [0.1, 0.15) is 5.82 Å². The number of nitrogens with one attached hydrogen (secondary N) is 1. The van der Waals surface area contributed by atoms with Gasteiger partial charge in [-0.25, -0.2) is 4.39 Å². The minimum atomic E-state index is -0.294. The molecule has 140 valence electrons. The molecule has 0 bridgehead atoms. The third-order valence-corrected chi connectivity index (χ3v) is 6.05. The molecule has 3 fully saturated rings. The lowest BCUT2D eigenvalue weighted by Gasteiger charge is -2.35. The molecule has 3 atom stereocenters. The van der Waals surface area contributed by atoms with Gasteiger partial charge in [0, 0.05) is 25.7 Å². The van der Waals surface area contributed by atoms with E-state index in [2.05, 4.69) is 5.32 Å². The number of halogens is 1. The zero-order chi connectivity index (χ0) is 18.1. The molecule has 26 heavy (non-hydrogen) atoms. The van der Waals surface area contributed by atoms with Crippen LogP contribution in [0.5, 0.6) is 0 Å². The SMILES string of the molecule is O=C1CN(C(=O)C2CC3CCCCC3N2)CCN1Cc1cccc(F)c1. The highest BCUT2D eigenvalue weighted by Crippen LogP contribution is 2.33. The van der Waals surface area contributed by atoms with E-state index in [1.54, 1.807) is 15.9 Å². The summed E-state index contributed by atoms with van der Waals surface area (Å²) in [7, 11) is 0. The number of rotatable bonds is 3. The Bertz CT molecular complexity index is 681. The molecule has 3 unspecified atom stereocenters. The molecule has 1 N–H and O–H groups in total. The van der Waals surface area contributed by atoms with Crippen molar-refractivity contribution in [2.45, 2.75) is 50.7 Å². The molecular formula is C20H26FN3O2. The quantitative estimate of drug-likeness (QED) is 0.897. The average molecular weight is 359 g/mol. The van der Waals surface area contributed by atoms with Crippen molar-refractivity contribution < 1.29 is 14.0 Å². The molecule has 1 aliphatic carbocycles. The van der Waals surface area contributed by atoms with Gasteiger partial charge in [-0.1, -0.05) is 25.0 Å². The van der Waals surface area contributed by atoms with E-state index in [1.165, 1.54) is 31.4 Å². The number of nitrogens with zero attached hydrogens (tertiary/aromatic N) is 2. The maximum absolute atomic E-state index is 13.3. The molecule has 0 aromatic heterocycles. The van der Waals surface area contributed by atoms with E-state index >= 15 is 0 Å². The van der Waals surface area contributed by atoms with Crippen molar-refractivity contribution in [3.8, 4) is 0 Å². The maximum atomic E-state index is 13.3. The molecule has 2 heterocycles. The Morgan fingerprint density at radius 1 is 1.23 bits per heavy atom. The van der Waals surface area contributed by atoms with Crippen LogP contribution < -0.4 is 5.32 Å². The number of amides is 2. The third-order valence-electron chi connectivity index (χ3n) is 6.05. The lowest BCUT2D eigenvalue weighted by molar-refractivity contribution is -0.146. The van der Waals surface area contributed by atoms with Crippen LogP contribution in [-0.2, 0) is 16.1 Å². The minimum Gasteiger partial charge on any atom is -0.335 e. The third kappa shape index (κ3) is 3.61. The van der Waals surface area contributed by atoms with E-state index in [0.29, 0.717) is 31.6 Å². The molecule has 3 aliphatic rings. The zero-order valence-electron chi connectivity index (χ0n) is 15.0. The van der Waals surface area contributed by atoms with Gasteiger partial charge in [0.05, 0.1) is 12.6 Å². The van der Waals surface area contributed by atoms with Gasteiger partial charge in [0.2, 0.25) is 11.8 Å². The Balaban J connectivity index is 1.33. The fraction of sp³-hybridized carbons (Fsp3) is 0.600. The standard InChI is InChI=1S/C20H26FN3O2/c21-16-6-3-4-14(10-16)12-23-8-9-24(13-19(23)25)20(26)18-11-15-5-1-2-7-17(15)22-18/h3-4,6,10,15,17-18,22H,1-2,5,7-9,11-13H2. The first kappa shape index (κ1) is 17.5. The van der Waals surface area contributed by atoms with E-state index in [0.717, 1.165) is 18.4 Å². The summed E-state index contributed by atoms with van der Waals surface area (Å²) in [6.07, 6.45) is 5.78. The molecule has 1 aromatic carbocycles. The lowest BCUT2D eigenvalue weighted by atomic mass is 9.85. The molecule has 5 nitrogen and oxygen atoms in total. The first-order valence-electron chi connectivity index (χ1n) is 9.67. The van der Waals surface area contributed by atoms with Crippen molar-refractivity contribution in [3.63, 3.8) is 0 Å². The summed E-state index contributed by atoms with van der Waals surface area (Å²) in [5.41, 5.74) is 0.777. The summed E-state index contributed by atoms with van der Waals surface area (Å²) < 4.78 is 13.3. The number of carbonyl (C=O) groups is 2. The number of benzene rings is 1. The van der Waals surface area contributed by atoms with Crippen molar-refractivity contribution in [2.75, 3.05) is 19.6 Å². The molecule has 1 saturated carbocycles. The zero-order valence-corrected chi connectivity index (χ0v) is 15.0. The largest absolute Gasteiger partial charge is 0.335 e. The number of piperazine rings is 1. The molecular weight excluding hydrogens is 333 g/mol. The van der Waals surface area contributed by atoms with Gasteiger partial charge in [-0.2, -0.15) is 0 Å².